The van der Waals surface area contributed by atoms with Gasteiger partial charge < -0.3 is 9.84 Å². The summed E-state index contributed by atoms with van der Waals surface area (Å²) >= 11 is 0. The number of rotatable bonds is 7. The van der Waals surface area contributed by atoms with E-state index in [9.17, 15) is 5.11 Å². The van der Waals surface area contributed by atoms with E-state index >= 15 is 0 Å². The van der Waals surface area contributed by atoms with E-state index < -0.39 is 6.10 Å². The zero-order chi connectivity index (χ0) is 16.0. The highest BCUT2D eigenvalue weighted by Gasteiger charge is 2.36. The molecule has 0 saturated heterocycles. The van der Waals surface area contributed by atoms with Gasteiger partial charge in [0.2, 0.25) is 0 Å². The first-order chi connectivity index (χ1) is 10.5. The highest BCUT2D eigenvalue weighted by Crippen LogP contribution is 2.43. The minimum absolute atomic E-state index is 0.376. The van der Waals surface area contributed by atoms with Gasteiger partial charge >= 0.3 is 0 Å². The van der Waals surface area contributed by atoms with E-state index in [0.29, 0.717) is 24.6 Å². The molecule has 1 aliphatic carbocycles. The summed E-state index contributed by atoms with van der Waals surface area (Å²) in [5.74, 6) is 1.36. The highest BCUT2D eigenvalue weighted by molar-refractivity contribution is 5.17. The highest BCUT2D eigenvalue weighted by atomic mass is 16.5. The number of ether oxygens (including phenoxy) is 1. The first-order valence-corrected chi connectivity index (χ1v) is 8.52. The number of aliphatic hydroxyl groups excluding tert-OH is 1. The SMILES string of the molecule is C[C@H]1CCCC(C)(C)C1COCNCC(O)c1ccccc1. The van der Waals surface area contributed by atoms with Crippen LogP contribution in [0.3, 0.4) is 0 Å². The first-order valence-electron chi connectivity index (χ1n) is 8.52. The lowest BCUT2D eigenvalue weighted by molar-refractivity contribution is -0.0126. The molecule has 124 valence electrons. The summed E-state index contributed by atoms with van der Waals surface area (Å²) in [5, 5.41) is 13.3. The Balaban J connectivity index is 1.67. The molecule has 0 aromatic heterocycles. The standard InChI is InChI=1S/C19H31NO2/c1-15-8-7-11-19(2,3)17(15)13-22-14-20-12-18(21)16-9-5-4-6-10-16/h4-6,9-10,15,17-18,20-21H,7-8,11-14H2,1-3H3/t15-,17?,18?/m0/s1. The second-order valence-corrected chi connectivity index (χ2v) is 7.36. The molecular weight excluding hydrogens is 274 g/mol. The Labute approximate surface area is 135 Å². The van der Waals surface area contributed by atoms with Crippen molar-refractivity contribution in [2.24, 2.45) is 17.3 Å². The molecular formula is C19H31NO2. The summed E-state index contributed by atoms with van der Waals surface area (Å²) in [7, 11) is 0. The lowest BCUT2D eigenvalue weighted by atomic mass is 9.64. The average Bonchev–Trinajstić information content (AvgIpc) is 2.49. The van der Waals surface area contributed by atoms with Crippen LogP contribution in [0.15, 0.2) is 30.3 Å². The maximum Gasteiger partial charge on any atom is 0.0966 e. The topological polar surface area (TPSA) is 41.5 Å². The number of benzene rings is 1. The van der Waals surface area contributed by atoms with Crippen molar-refractivity contribution < 1.29 is 9.84 Å². The Morgan fingerprint density at radius 3 is 2.73 bits per heavy atom. The molecule has 0 aliphatic heterocycles. The van der Waals surface area contributed by atoms with E-state index in [1.165, 1.54) is 19.3 Å². The van der Waals surface area contributed by atoms with Crippen LogP contribution in [0, 0.1) is 17.3 Å². The molecule has 2 N–H and O–H groups in total. The summed E-state index contributed by atoms with van der Waals surface area (Å²) in [6, 6.07) is 9.74. The molecule has 3 heteroatoms. The summed E-state index contributed by atoms with van der Waals surface area (Å²) in [5.41, 5.74) is 1.32. The molecule has 3 atom stereocenters. The molecule has 0 amide bonds. The van der Waals surface area contributed by atoms with Crippen molar-refractivity contribution in [3.05, 3.63) is 35.9 Å². The molecule has 0 bridgehead atoms. The fraction of sp³-hybridized carbons (Fsp3) is 0.684. The zero-order valence-corrected chi connectivity index (χ0v) is 14.2. The van der Waals surface area contributed by atoms with Crippen LogP contribution in [0.25, 0.3) is 0 Å². The average molecular weight is 305 g/mol. The van der Waals surface area contributed by atoms with E-state index in [4.69, 9.17) is 4.74 Å². The van der Waals surface area contributed by atoms with Gasteiger partial charge in [0.15, 0.2) is 0 Å². The summed E-state index contributed by atoms with van der Waals surface area (Å²) in [6.45, 7) is 8.91. The fourth-order valence-corrected chi connectivity index (χ4v) is 3.67. The number of nitrogens with one attached hydrogen (secondary N) is 1. The predicted molar refractivity (Wildman–Crippen MR) is 90.5 cm³/mol. The van der Waals surface area contributed by atoms with Crippen LogP contribution in [-0.2, 0) is 4.74 Å². The van der Waals surface area contributed by atoms with Gasteiger partial charge in [0.25, 0.3) is 0 Å². The molecule has 22 heavy (non-hydrogen) atoms. The Morgan fingerprint density at radius 1 is 1.32 bits per heavy atom. The van der Waals surface area contributed by atoms with Crippen molar-refractivity contribution in [2.45, 2.75) is 46.1 Å². The zero-order valence-electron chi connectivity index (χ0n) is 14.2. The molecule has 1 aliphatic rings. The van der Waals surface area contributed by atoms with Gasteiger partial charge in [0.1, 0.15) is 0 Å². The van der Waals surface area contributed by atoms with Crippen molar-refractivity contribution >= 4 is 0 Å². The maximum atomic E-state index is 10.1. The van der Waals surface area contributed by atoms with Gasteiger partial charge in [-0.1, -0.05) is 63.9 Å². The van der Waals surface area contributed by atoms with E-state index in [-0.39, 0.29) is 0 Å². The van der Waals surface area contributed by atoms with Crippen molar-refractivity contribution in [2.75, 3.05) is 19.9 Å². The van der Waals surface area contributed by atoms with Gasteiger partial charge in [-0.2, -0.15) is 0 Å². The van der Waals surface area contributed by atoms with Crippen LogP contribution >= 0.6 is 0 Å². The lowest BCUT2D eigenvalue weighted by Gasteiger charge is -2.42. The molecule has 2 rings (SSSR count). The van der Waals surface area contributed by atoms with Crippen molar-refractivity contribution in [1.82, 2.24) is 5.32 Å². The molecule has 1 aromatic carbocycles. The molecule has 0 spiro atoms. The van der Waals surface area contributed by atoms with Gasteiger partial charge in [-0.25, -0.2) is 0 Å². The van der Waals surface area contributed by atoms with Crippen molar-refractivity contribution in [1.29, 1.82) is 0 Å². The largest absolute Gasteiger partial charge is 0.387 e. The normalized spacial score (nSPS) is 25.8. The lowest BCUT2D eigenvalue weighted by Crippen LogP contribution is -2.38. The first kappa shape index (κ1) is 17.5. The molecule has 1 saturated carbocycles. The molecule has 0 heterocycles. The van der Waals surface area contributed by atoms with Crippen molar-refractivity contribution in [3.8, 4) is 0 Å². The molecule has 0 radical (unpaired) electrons. The Hall–Kier alpha value is -0.900. The minimum Gasteiger partial charge on any atom is -0.387 e. The van der Waals surface area contributed by atoms with Crippen LogP contribution in [0.1, 0.15) is 51.7 Å². The molecule has 1 fully saturated rings. The van der Waals surface area contributed by atoms with E-state index in [1.807, 2.05) is 30.3 Å². The molecule has 3 nitrogen and oxygen atoms in total. The monoisotopic (exact) mass is 305 g/mol. The number of hydrogen-bond donors (Lipinski definition) is 2. The summed E-state index contributed by atoms with van der Waals surface area (Å²) < 4.78 is 5.84. The van der Waals surface area contributed by atoms with Crippen LogP contribution in [0.4, 0.5) is 0 Å². The minimum atomic E-state index is -0.477. The fourth-order valence-electron chi connectivity index (χ4n) is 3.67. The smallest absolute Gasteiger partial charge is 0.0966 e. The van der Waals surface area contributed by atoms with Crippen LogP contribution in [0.5, 0.6) is 0 Å². The second-order valence-electron chi connectivity index (χ2n) is 7.36. The van der Waals surface area contributed by atoms with Crippen LogP contribution < -0.4 is 5.32 Å². The van der Waals surface area contributed by atoms with E-state index in [1.54, 1.807) is 0 Å². The van der Waals surface area contributed by atoms with Crippen LogP contribution in [-0.4, -0.2) is 25.0 Å². The van der Waals surface area contributed by atoms with E-state index in [2.05, 4.69) is 26.1 Å². The van der Waals surface area contributed by atoms with Gasteiger partial charge in [-0.3, -0.25) is 5.32 Å². The van der Waals surface area contributed by atoms with Gasteiger partial charge in [0.05, 0.1) is 19.4 Å². The molecule has 2 unspecified atom stereocenters. The Morgan fingerprint density at radius 2 is 2.05 bits per heavy atom. The van der Waals surface area contributed by atoms with Gasteiger partial charge in [0, 0.05) is 6.54 Å². The third kappa shape index (κ3) is 4.80. The quantitative estimate of drug-likeness (QED) is 0.595. The third-order valence-corrected chi connectivity index (χ3v) is 5.19. The second kappa shape index (κ2) is 8.09. The van der Waals surface area contributed by atoms with E-state index in [0.717, 1.165) is 18.1 Å². The third-order valence-electron chi connectivity index (χ3n) is 5.19. The number of hydrogen-bond acceptors (Lipinski definition) is 3. The number of aliphatic hydroxyl groups is 1. The van der Waals surface area contributed by atoms with Crippen molar-refractivity contribution in [3.63, 3.8) is 0 Å². The summed E-state index contributed by atoms with van der Waals surface area (Å²) in [4.78, 5) is 0. The molecule has 1 aromatic rings. The Kier molecular flexibility index (Phi) is 6.42. The van der Waals surface area contributed by atoms with Crippen LogP contribution in [0.2, 0.25) is 0 Å². The summed E-state index contributed by atoms with van der Waals surface area (Å²) in [6.07, 6.45) is 3.48. The van der Waals surface area contributed by atoms with Gasteiger partial charge in [-0.05, 0) is 29.2 Å². The predicted octanol–water partition coefficient (Wildman–Crippen LogP) is 3.75. The Bertz CT molecular complexity index is 432. The maximum absolute atomic E-state index is 10.1. The van der Waals surface area contributed by atoms with Gasteiger partial charge in [-0.15, -0.1) is 0 Å².